The first-order valence-electron chi connectivity index (χ1n) is 9.00. The molecule has 0 aliphatic carbocycles. The fourth-order valence-corrected chi connectivity index (χ4v) is 3.77. The van der Waals surface area contributed by atoms with E-state index in [4.69, 9.17) is 9.47 Å². The third kappa shape index (κ3) is 4.60. The number of nitrogens with zero attached hydrogens (tertiary/aromatic N) is 2. The maximum absolute atomic E-state index is 12.4. The van der Waals surface area contributed by atoms with Crippen LogP contribution in [0.3, 0.4) is 0 Å². The highest BCUT2D eigenvalue weighted by atomic mass is 32.2. The van der Waals surface area contributed by atoms with Crippen molar-refractivity contribution < 1.29 is 22.7 Å². The zero-order chi connectivity index (χ0) is 21.2. The number of sulfonamides is 1. The van der Waals surface area contributed by atoms with Crippen LogP contribution < -0.4 is 20.3 Å². The van der Waals surface area contributed by atoms with Crippen LogP contribution in [0, 0.1) is 0 Å². The van der Waals surface area contributed by atoms with Crippen molar-refractivity contribution in [3.05, 3.63) is 52.4 Å². The van der Waals surface area contributed by atoms with Gasteiger partial charge in [0.15, 0.2) is 11.5 Å². The Kier molecular flexibility index (Phi) is 5.94. The largest absolute Gasteiger partial charge is 0.486 e. The van der Waals surface area contributed by atoms with E-state index in [-0.39, 0.29) is 17.5 Å². The average molecular weight is 421 g/mol. The van der Waals surface area contributed by atoms with Crippen LogP contribution in [-0.2, 0) is 21.4 Å². The number of nitrogens with one attached hydrogen (secondary N) is 1. The molecule has 2 aromatic rings. The van der Waals surface area contributed by atoms with Gasteiger partial charge in [0.1, 0.15) is 19.8 Å². The molecule has 10 heteroatoms. The number of fused-ring (bicyclic) bond motifs is 1. The Morgan fingerprint density at radius 1 is 1.17 bits per heavy atom. The van der Waals surface area contributed by atoms with Crippen LogP contribution in [0.2, 0.25) is 0 Å². The lowest BCUT2D eigenvalue weighted by molar-refractivity contribution is -0.122. The van der Waals surface area contributed by atoms with Gasteiger partial charge >= 0.3 is 0 Å². The molecule has 0 spiro atoms. The minimum absolute atomic E-state index is 0.0604. The number of carbonyl (C=O) groups excluding carboxylic acids is 1. The van der Waals surface area contributed by atoms with E-state index in [1.807, 2.05) is 6.07 Å². The van der Waals surface area contributed by atoms with Gasteiger partial charge in [-0.15, -0.1) is 0 Å². The molecule has 156 valence electrons. The van der Waals surface area contributed by atoms with Crippen molar-refractivity contribution in [3.63, 3.8) is 0 Å². The zero-order valence-corrected chi connectivity index (χ0v) is 17.2. The van der Waals surface area contributed by atoms with Crippen molar-refractivity contribution in [2.75, 3.05) is 27.3 Å². The number of rotatable bonds is 6. The molecule has 1 atom stereocenters. The molecule has 3 rings (SSSR count). The lowest BCUT2D eigenvalue weighted by Gasteiger charge is -2.21. The quantitative estimate of drug-likeness (QED) is 0.738. The van der Waals surface area contributed by atoms with Gasteiger partial charge in [-0.1, -0.05) is 6.07 Å². The van der Waals surface area contributed by atoms with Gasteiger partial charge in [-0.05, 0) is 30.7 Å². The number of hydrogen-bond acceptors (Lipinski definition) is 6. The summed E-state index contributed by atoms with van der Waals surface area (Å²) in [6.45, 7) is 2.46. The van der Waals surface area contributed by atoms with E-state index in [1.54, 1.807) is 19.1 Å². The molecular weight excluding hydrogens is 398 g/mol. The monoisotopic (exact) mass is 421 g/mol. The van der Waals surface area contributed by atoms with Crippen LogP contribution in [0.5, 0.6) is 11.5 Å². The summed E-state index contributed by atoms with van der Waals surface area (Å²) in [5.74, 6) is 0.852. The molecule has 1 aromatic heterocycles. The first kappa shape index (κ1) is 20.9. The molecule has 0 bridgehead atoms. The van der Waals surface area contributed by atoms with Gasteiger partial charge in [0.2, 0.25) is 15.9 Å². The van der Waals surface area contributed by atoms with Crippen LogP contribution in [0.1, 0.15) is 18.5 Å². The minimum Gasteiger partial charge on any atom is -0.486 e. The van der Waals surface area contributed by atoms with Gasteiger partial charge in [-0.25, -0.2) is 12.7 Å². The molecule has 2 heterocycles. The van der Waals surface area contributed by atoms with E-state index < -0.39 is 21.5 Å². The Labute approximate surface area is 168 Å². The van der Waals surface area contributed by atoms with Gasteiger partial charge < -0.3 is 19.4 Å². The standard InChI is InChI=1S/C19H23N3O6S/c1-13(14-4-6-16-17(10-14)28-9-8-27-16)20-18(23)12-22-11-15(5-7-19(22)24)29(25,26)21(2)3/h4-7,10-11,13H,8-9,12H2,1-3H3,(H,20,23). The van der Waals surface area contributed by atoms with E-state index in [1.165, 1.54) is 26.4 Å². The van der Waals surface area contributed by atoms with Crippen molar-refractivity contribution >= 4 is 15.9 Å². The average Bonchev–Trinajstić information content (AvgIpc) is 2.68. The van der Waals surface area contributed by atoms with E-state index >= 15 is 0 Å². The maximum Gasteiger partial charge on any atom is 0.251 e. The molecule has 0 saturated carbocycles. The highest BCUT2D eigenvalue weighted by Crippen LogP contribution is 2.32. The molecule has 1 unspecified atom stereocenters. The Balaban J connectivity index is 1.73. The topological polar surface area (TPSA) is 107 Å². The lowest BCUT2D eigenvalue weighted by atomic mass is 10.1. The summed E-state index contributed by atoms with van der Waals surface area (Å²) in [5, 5.41) is 2.80. The third-order valence-corrected chi connectivity index (χ3v) is 6.29. The van der Waals surface area contributed by atoms with E-state index in [2.05, 4.69) is 5.32 Å². The van der Waals surface area contributed by atoms with Crippen LogP contribution >= 0.6 is 0 Å². The van der Waals surface area contributed by atoms with Crippen molar-refractivity contribution in [3.8, 4) is 11.5 Å². The second kappa shape index (κ2) is 8.26. The van der Waals surface area contributed by atoms with Crippen LogP contribution in [0.4, 0.5) is 0 Å². The number of carbonyl (C=O) groups is 1. The number of amides is 1. The second-order valence-electron chi connectivity index (χ2n) is 6.81. The predicted octanol–water partition coefficient (Wildman–Crippen LogP) is 0.747. The Morgan fingerprint density at radius 3 is 2.55 bits per heavy atom. The number of benzene rings is 1. The summed E-state index contributed by atoms with van der Waals surface area (Å²) in [4.78, 5) is 24.4. The van der Waals surface area contributed by atoms with Crippen molar-refractivity contribution in [1.82, 2.24) is 14.2 Å². The smallest absolute Gasteiger partial charge is 0.251 e. The van der Waals surface area contributed by atoms with Crippen LogP contribution in [-0.4, -0.2) is 50.5 Å². The normalized spacial score (nSPS) is 14.5. The van der Waals surface area contributed by atoms with Crippen molar-refractivity contribution in [2.45, 2.75) is 24.4 Å². The minimum atomic E-state index is -3.71. The van der Waals surface area contributed by atoms with Gasteiger partial charge in [0.25, 0.3) is 5.56 Å². The van der Waals surface area contributed by atoms with E-state index in [9.17, 15) is 18.0 Å². The molecule has 9 nitrogen and oxygen atoms in total. The summed E-state index contributed by atoms with van der Waals surface area (Å²) in [6.07, 6.45) is 1.17. The van der Waals surface area contributed by atoms with E-state index in [0.717, 1.165) is 20.5 Å². The molecular formula is C19H23N3O6S. The SMILES string of the molecule is CC(NC(=O)Cn1cc(S(=O)(=O)N(C)C)ccc1=O)c1ccc2c(c1)OCCO2. The molecule has 29 heavy (non-hydrogen) atoms. The Hall–Kier alpha value is -2.85. The number of aromatic nitrogens is 1. The van der Waals surface area contributed by atoms with Crippen LogP contribution in [0.15, 0.2) is 46.2 Å². The van der Waals surface area contributed by atoms with Gasteiger partial charge in [-0.3, -0.25) is 9.59 Å². The number of hydrogen-bond donors (Lipinski definition) is 1. The fourth-order valence-electron chi connectivity index (χ4n) is 2.85. The van der Waals surface area contributed by atoms with Gasteiger partial charge in [0, 0.05) is 26.4 Å². The molecule has 0 saturated heterocycles. The molecule has 0 radical (unpaired) electrons. The van der Waals surface area contributed by atoms with Crippen molar-refractivity contribution in [1.29, 1.82) is 0 Å². The summed E-state index contributed by atoms with van der Waals surface area (Å²) in [7, 11) is -0.920. The maximum atomic E-state index is 12.4. The zero-order valence-electron chi connectivity index (χ0n) is 16.4. The summed E-state index contributed by atoms with van der Waals surface area (Å²) in [6, 6.07) is 7.43. The molecule has 1 aliphatic heterocycles. The third-order valence-electron chi connectivity index (χ3n) is 4.49. The molecule has 1 aromatic carbocycles. The highest BCUT2D eigenvalue weighted by molar-refractivity contribution is 7.89. The molecule has 0 fully saturated rings. The number of pyridine rings is 1. The van der Waals surface area contributed by atoms with Gasteiger partial charge in [-0.2, -0.15) is 0 Å². The van der Waals surface area contributed by atoms with Crippen molar-refractivity contribution in [2.24, 2.45) is 0 Å². The Bertz CT molecular complexity index is 1080. The second-order valence-corrected chi connectivity index (χ2v) is 8.96. The predicted molar refractivity (Wildman–Crippen MR) is 106 cm³/mol. The summed E-state index contributed by atoms with van der Waals surface area (Å²) >= 11 is 0. The Morgan fingerprint density at radius 2 is 1.86 bits per heavy atom. The van der Waals surface area contributed by atoms with Gasteiger partial charge in [0.05, 0.1) is 10.9 Å². The fraction of sp³-hybridized carbons (Fsp3) is 0.368. The lowest BCUT2D eigenvalue weighted by Crippen LogP contribution is -2.34. The first-order chi connectivity index (χ1) is 13.7. The molecule has 1 aliphatic rings. The summed E-state index contributed by atoms with van der Waals surface area (Å²) < 4.78 is 37.6. The van der Waals surface area contributed by atoms with E-state index in [0.29, 0.717) is 24.7 Å². The summed E-state index contributed by atoms with van der Waals surface area (Å²) in [5.41, 5.74) is 0.351. The molecule has 1 amide bonds. The highest BCUT2D eigenvalue weighted by Gasteiger charge is 2.20. The first-order valence-corrected chi connectivity index (χ1v) is 10.4. The van der Waals surface area contributed by atoms with Crippen LogP contribution in [0.25, 0.3) is 0 Å². The molecule has 1 N–H and O–H groups in total. The number of ether oxygens (including phenoxy) is 2.